The molecule has 0 radical (unpaired) electrons. The lowest BCUT2D eigenvalue weighted by atomic mass is 9.99. The molecule has 180 valence electrons. The van der Waals surface area contributed by atoms with Gasteiger partial charge < -0.3 is 14.5 Å². The molecular formula is C27H33N3O3S. The predicted molar refractivity (Wildman–Crippen MR) is 136 cm³/mol. The Balaban J connectivity index is 1.54. The van der Waals surface area contributed by atoms with Crippen LogP contribution >= 0.6 is 0 Å². The molecule has 1 aromatic heterocycles. The first-order valence-electron chi connectivity index (χ1n) is 12.2. The molecule has 2 aliphatic rings. The van der Waals surface area contributed by atoms with Crippen LogP contribution in [0.2, 0.25) is 0 Å². The second kappa shape index (κ2) is 9.55. The van der Waals surface area contributed by atoms with Crippen molar-refractivity contribution in [2.24, 2.45) is 0 Å². The Bertz CT molecular complexity index is 1260. The van der Waals surface area contributed by atoms with Crippen LogP contribution in [0.15, 0.2) is 58.5 Å². The van der Waals surface area contributed by atoms with Crippen molar-refractivity contribution in [3.63, 3.8) is 0 Å². The Hall–Kier alpha value is -2.64. The van der Waals surface area contributed by atoms with Gasteiger partial charge in [0, 0.05) is 30.7 Å². The van der Waals surface area contributed by atoms with E-state index in [0.717, 1.165) is 48.1 Å². The van der Waals surface area contributed by atoms with E-state index in [2.05, 4.69) is 20.9 Å². The maximum atomic E-state index is 13.8. The van der Waals surface area contributed by atoms with E-state index in [1.165, 1.54) is 32.4 Å². The van der Waals surface area contributed by atoms with Crippen molar-refractivity contribution in [3.05, 3.63) is 54.2 Å². The minimum absolute atomic E-state index is 0.256. The fraction of sp³-hybridized carbons (Fsp3) is 0.444. The van der Waals surface area contributed by atoms with Crippen molar-refractivity contribution < 1.29 is 13.2 Å². The Morgan fingerprint density at radius 1 is 0.941 bits per heavy atom. The lowest BCUT2D eigenvalue weighted by Gasteiger charge is -2.41. The number of methoxy groups -OCH3 is 1. The molecule has 3 heterocycles. The number of likely N-dealkylation sites (tertiary alicyclic amines) is 1. The van der Waals surface area contributed by atoms with Crippen molar-refractivity contribution in [3.8, 4) is 5.75 Å². The zero-order valence-electron chi connectivity index (χ0n) is 20.0. The first kappa shape index (κ1) is 23.1. The largest absolute Gasteiger partial charge is 0.497 e. The van der Waals surface area contributed by atoms with Gasteiger partial charge in [-0.15, -0.1) is 0 Å². The highest BCUT2D eigenvalue weighted by atomic mass is 32.2. The van der Waals surface area contributed by atoms with Crippen LogP contribution in [0.1, 0.15) is 37.7 Å². The summed E-state index contributed by atoms with van der Waals surface area (Å²) in [4.78, 5) is 10.0. The molecule has 0 saturated carbocycles. The zero-order valence-corrected chi connectivity index (χ0v) is 20.9. The summed E-state index contributed by atoms with van der Waals surface area (Å²) in [5, 5.41) is 0.908. The van der Waals surface area contributed by atoms with Gasteiger partial charge in [-0.25, -0.2) is 8.42 Å². The molecule has 0 bridgehead atoms. The maximum Gasteiger partial charge on any atom is 0.210 e. The average molecular weight is 480 g/mol. The molecule has 2 saturated heterocycles. The highest BCUT2D eigenvalue weighted by molar-refractivity contribution is 7.91. The average Bonchev–Trinajstić information content (AvgIpc) is 2.88. The van der Waals surface area contributed by atoms with Crippen molar-refractivity contribution >= 4 is 26.4 Å². The molecule has 0 spiro atoms. The summed E-state index contributed by atoms with van der Waals surface area (Å²) >= 11 is 0. The summed E-state index contributed by atoms with van der Waals surface area (Å²) < 4.78 is 32.9. The van der Waals surface area contributed by atoms with Gasteiger partial charge in [-0.2, -0.15) is 0 Å². The number of sulfone groups is 1. The van der Waals surface area contributed by atoms with Crippen LogP contribution in [0.25, 0.3) is 10.9 Å². The molecule has 0 atom stereocenters. The summed E-state index contributed by atoms with van der Waals surface area (Å²) in [7, 11) is -2.18. The van der Waals surface area contributed by atoms with Gasteiger partial charge in [-0.1, -0.05) is 18.1 Å². The molecule has 0 amide bonds. The molecule has 0 unspecified atom stereocenters. The van der Waals surface area contributed by atoms with Gasteiger partial charge in [-0.05, 0) is 82.1 Å². The summed E-state index contributed by atoms with van der Waals surface area (Å²) in [5.74, 6) is 0.631. The van der Waals surface area contributed by atoms with Crippen LogP contribution in [0.5, 0.6) is 5.75 Å². The van der Waals surface area contributed by atoms with E-state index < -0.39 is 9.84 Å². The number of hydrogen-bond donors (Lipinski definition) is 0. The maximum absolute atomic E-state index is 13.8. The number of nitrogens with zero attached hydrogens (tertiary/aromatic N) is 3. The van der Waals surface area contributed by atoms with Gasteiger partial charge in [0.15, 0.2) is 0 Å². The Labute approximate surface area is 202 Å². The van der Waals surface area contributed by atoms with Crippen LogP contribution in [0.3, 0.4) is 0 Å². The number of anilines is 1. The van der Waals surface area contributed by atoms with Gasteiger partial charge >= 0.3 is 0 Å². The predicted octanol–water partition coefficient (Wildman–Crippen LogP) is 4.84. The monoisotopic (exact) mass is 479 g/mol. The zero-order chi connectivity index (χ0) is 23.7. The molecule has 2 aromatic carbocycles. The normalized spacial score (nSPS) is 18.4. The van der Waals surface area contributed by atoms with Crippen molar-refractivity contribution in [2.75, 3.05) is 38.2 Å². The number of piperidine rings is 2. The second-order valence-corrected chi connectivity index (χ2v) is 11.4. The fourth-order valence-electron chi connectivity index (χ4n) is 5.42. The lowest BCUT2D eigenvalue weighted by molar-refractivity contribution is 0.141. The first-order chi connectivity index (χ1) is 16.5. The summed E-state index contributed by atoms with van der Waals surface area (Å²) in [6, 6.07) is 13.3. The molecule has 34 heavy (non-hydrogen) atoms. The molecule has 2 aliphatic heterocycles. The van der Waals surface area contributed by atoms with Crippen molar-refractivity contribution in [2.45, 2.75) is 54.9 Å². The summed E-state index contributed by atoms with van der Waals surface area (Å²) in [6.07, 6.45) is 7.57. The minimum Gasteiger partial charge on any atom is -0.497 e. The molecule has 5 rings (SSSR count). The summed E-state index contributed by atoms with van der Waals surface area (Å²) in [5.41, 5.74) is 2.71. The van der Waals surface area contributed by atoms with E-state index in [-0.39, 0.29) is 9.79 Å². The van der Waals surface area contributed by atoms with Crippen LogP contribution < -0.4 is 9.64 Å². The third kappa shape index (κ3) is 4.39. The van der Waals surface area contributed by atoms with Crippen LogP contribution in [0.4, 0.5) is 5.69 Å². The number of benzene rings is 2. The van der Waals surface area contributed by atoms with Gasteiger partial charge in [-0.3, -0.25) is 4.98 Å². The topological polar surface area (TPSA) is 62.7 Å². The van der Waals surface area contributed by atoms with Gasteiger partial charge in [0.1, 0.15) is 10.6 Å². The Morgan fingerprint density at radius 3 is 2.32 bits per heavy atom. The smallest absolute Gasteiger partial charge is 0.210 e. The fourth-order valence-corrected chi connectivity index (χ4v) is 6.85. The molecular weight excluding hydrogens is 446 g/mol. The van der Waals surface area contributed by atoms with Crippen molar-refractivity contribution in [1.29, 1.82) is 0 Å². The van der Waals surface area contributed by atoms with Gasteiger partial charge in [0.25, 0.3) is 0 Å². The van der Waals surface area contributed by atoms with E-state index in [1.807, 2.05) is 19.1 Å². The third-order valence-corrected chi connectivity index (χ3v) is 9.08. The molecule has 2 fully saturated rings. The summed E-state index contributed by atoms with van der Waals surface area (Å²) in [6.45, 7) is 6.12. The van der Waals surface area contributed by atoms with Crippen LogP contribution in [-0.2, 0) is 9.84 Å². The number of aryl methyl sites for hydroxylation is 1. The number of hydrogen-bond acceptors (Lipinski definition) is 6. The lowest BCUT2D eigenvalue weighted by Crippen LogP contribution is -2.47. The van der Waals surface area contributed by atoms with Crippen LogP contribution in [-0.4, -0.2) is 57.6 Å². The van der Waals surface area contributed by atoms with E-state index in [4.69, 9.17) is 4.74 Å². The van der Waals surface area contributed by atoms with Crippen molar-refractivity contribution in [1.82, 2.24) is 9.88 Å². The second-order valence-electron chi connectivity index (χ2n) is 9.49. The number of ether oxygens (including phenoxy) is 1. The van der Waals surface area contributed by atoms with Gasteiger partial charge in [0.05, 0.1) is 23.2 Å². The number of rotatable bonds is 5. The number of aromatic nitrogens is 1. The third-order valence-electron chi connectivity index (χ3n) is 7.31. The quantitative estimate of drug-likeness (QED) is 0.522. The van der Waals surface area contributed by atoms with Crippen LogP contribution in [0, 0.1) is 6.92 Å². The first-order valence-corrected chi connectivity index (χ1v) is 13.7. The van der Waals surface area contributed by atoms with E-state index in [1.54, 1.807) is 37.6 Å². The molecule has 7 heteroatoms. The highest BCUT2D eigenvalue weighted by Crippen LogP contribution is 2.38. The minimum atomic E-state index is -3.75. The van der Waals surface area contributed by atoms with E-state index >= 15 is 0 Å². The molecule has 6 nitrogen and oxygen atoms in total. The van der Waals surface area contributed by atoms with E-state index in [0.29, 0.717) is 11.8 Å². The van der Waals surface area contributed by atoms with E-state index in [9.17, 15) is 8.42 Å². The van der Waals surface area contributed by atoms with Gasteiger partial charge in [0.2, 0.25) is 9.84 Å². The molecule has 0 N–H and O–H groups in total. The SMILES string of the molecule is COc1ccc(S(=O)(=O)c2cnc3ccc(C)cc3c2N2CCC(N3CCCCC3)CC2)cc1. The molecule has 0 aliphatic carbocycles. The number of pyridine rings is 1. The molecule has 3 aromatic rings. The Morgan fingerprint density at radius 2 is 1.65 bits per heavy atom. The number of fused-ring (bicyclic) bond motifs is 1. The Kier molecular flexibility index (Phi) is 6.49. The highest BCUT2D eigenvalue weighted by Gasteiger charge is 2.31. The standard InChI is InChI=1S/C27H33N3O3S/c1-20-6-11-25-24(18-20)27(30-16-12-21(13-17-30)29-14-4-3-5-15-29)26(19-28-25)34(31,32)23-9-7-22(33-2)8-10-23/h6-11,18-19,21H,3-5,12-17H2,1-2H3.